The lowest BCUT2D eigenvalue weighted by molar-refractivity contribution is 0.102. The number of ether oxygens (including phenoxy) is 1. The zero-order valence-electron chi connectivity index (χ0n) is 14.5. The van der Waals surface area contributed by atoms with Crippen LogP contribution in [0.5, 0.6) is 0 Å². The van der Waals surface area contributed by atoms with Crippen molar-refractivity contribution in [3.05, 3.63) is 35.1 Å². The molecule has 2 heterocycles. The number of likely N-dealkylation sites (N-methyl/N-ethyl adjacent to an activating group) is 1. The summed E-state index contributed by atoms with van der Waals surface area (Å²) >= 11 is 0. The fourth-order valence-electron chi connectivity index (χ4n) is 4.64. The maximum absolute atomic E-state index is 14.1. The summed E-state index contributed by atoms with van der Waals surface area (Å²) in [6, 6.07) is 1.46. The second-order valence-electron chi connectivity index (χ2n) is 7.58. The van der Waals surface area contributed by atoms with Crippen molar-refractivity contribution in [1.29, 1.82) is 0 Å². The van der Waals surface area contributed by atoms with E-state index in [-0.39, 0.29) is 41.8 Å². The van der Waals surface area contributed by atoms with E-state index in [1.54, 1.807) is 11.9 Å². The SMILES string of the molecule is CN1C(=O)O[C@H]2CN([C@H]3CC[C@H](c4cc(F)c(F)cc4F)C(N)C3)C[C@H]21. The number of hydrogen-bond donors (Lipinski definition) is 1. The van der Waals surface area contributed by atoms with Crippen LogP contribution in [-0.4, -0.2) is 60.3 Å². The van der Waals surface area contributed by atoms with Crippen LogP contribution in [0, 0.1) is 17.5 Å². The molecule has 1 unspecified atom stereocenters. The zero-order valence-corrected chi connectivity index (χ0v) is 14.5. The molecule has 3 fully saturated rings. The largest absolute Gasteiger partial charge is 0.442 e. The standard InChI is InChI=1S/C18H22F3N3O2/c1-23-16-7-24(8-17(16)26-18(23)25)9-2-3-10(15(22)4-9)11-5-13(20)14(21)6-12(11)19/h5-6,9-10,15-17H,2-4,7-8,22H2,1H3/t9-,10+,15?,16+,17-/m0/s1. The maximum Gasteiger partial charge on any atom is 0.410 e. The van der Waals surface area contributed by atoms with Crippen LogP contribution < -0.4 is 5.73 Å². The summed E-state index contributed by atoms with van der Waals surface area (Å²) in [5.74, 6) is -3.31. The highest BCUT2D eigenvalue weighted by molar-refractivity contribution is 5.70. The smallest absolute Gasteiger partial charge is 0.410 e. The molecule has 2 aliphatic heterocycles. The summed E-state index contributed by atoms with van der Waals surface area (Å²) in [5, 5.41) is 0. The van der Waals surface area contributed by atoms with E-state index >= 15 is 0 Å². The van der Waals surface area contributed by atoms with Gasteiger partial charge in [-0.3, -0.25) is 4.90 Å². The molecule has 5 nitrogen and oxygen atoms in total. The van der Waals surface area contributed by atoms with Crippen LogP contribution in [0.4, 0.5) is 18.0 Å². The molecule has 1 saturated carbocycles. The van der Waals surface area contributed by atoms with Gasteiger partial charge >= 0.3 is 6.09 Å². The van der Waals surface area contributed by atoms with Crippen molar-refractivity contribution in [3.8, 4) is 0 Å². The Bertz CT molecular complexity index is 732. The van der Waals surface area contributed by atoms with Crippen LogP contribution in [-0.2, 0) is 4.74 Å². The number of likely N-dealkylation sites (tertiary alicyclic amines) is 1. The molecule has 1 aromatic rings. The minimum Gasteiger partial charge on any atom is -0.442 e. The van der Waals surface area contributed by atoms with E-state index in [2.05, 4.69) is 4.90 Å². The highest BCUT2D eigenvalue weighted by Crippen LogP contribution is 2.38. The number of nitrogens with zero attached hydrogens (tertiary/aromatic N) is 2. The number of rotatable bonds is 2. The van der Waals surface area contributed by atoms with E-state index < -0.39 is 17.5 Å². The van der Waals surface area contributed by atoms with Gasteiger partial charge in [0.05, 0.1) is 6.04 Å². The molecule has 26 heavy (non-hydrogen) atoms. The number of fused-ring (bicyclic) bond motifs is 1. The second kappa shape index (κ2) is 6.42. The van der Waals surface area contributed by atoms with Crippen molar-refractivity contribution in [1.82, 2.24) is 9.80 Å². The van der Waals surface area contributed by atoms with E-state index in [0.29, 0.717) is 25.5 Å². The first-order valence-electron chi connectivity index (χ1n) is 8.92. The molecule has 1 aromatic carbocycles. The Morgan fingerprint density at radius 1 is 1.12 bits per heavy atom. The van der Waals surface area contributed by atoms with Crippen molar-refractivity contribution in [3.63, 3.8) is 0 Å². The molecule has 2 N–H and O–H groups in total. The summed E-state index contributed by atoms with van der Waals surface area (Å²) in [6.45, 7) is 1.40. The fraction of sp³-hybridized carbons (Fsp3) is 0.611. The predicted molar refractivity (Wildman–Crippen MR) is 88.1 cm³/mol. The lowest BCUT2D eigenvalue weighted by Crippen LogP contribution is -2.46. The van der Waals surface area contributed by atoms with Crippen molar-refractivity contribution in [2.24, 2.45) is 5.73 Å². The molecule has 142 valence electrons. The molecule has 5 atom stereocenters. The summed E-state index contributed by atoms with van der Waals surface area (Å²) in [6.07, 6.45) is 1.63. The van der Waals surface area contributed by atoms with E-state index in [4.69, 9.17) is 10.5 Å². The number of hydrogen-bond acceptors (Lipinski definition) is 4. The second-order valence-corrected chi connectivity index (χ2v) is 7.58. The lowest BCUT2D eigenvalue weighted by atomic mass is 9.77. The first kappa shape index (κ1) is 17.6. The van der Waals surface area contributed by atoms with Crippen molar-refractivity contribution < 1.29 is 22.7 Å². The van der Waals surface area contributed by atoms with Gasteiger partial charge in [-0.05, 0) is 30.9 Å². The average molecular weight is 369 g/mol. The summed E-state index contributed by atoms with van der Waals surface area (Å²) in [4.78, 5) is 15.5. The normalized spacial score (nSPS) is 34.9. The van der Waals surface area contributed by atoms with Gasteiger partial charge in [-0.15, -0.1) is 0 Å². The summed E-state index contributed by atoms with van der Waals surface area (Å²) in [5.41, 5.74) is 6.44. The molecule has 1 amide bonds. The van der Waals surface area contributed by atoms with Gasteiger partial charge in [-0.1, -0.05) is 0 Å². The van der Waals surface area contributed by atoms with E-state index in [1.165, 1.54) is 0 Å². The van der Waals surface area contributed by atoms with Crippen LogP contribution >= 0.6 is 0 Å². The van der Waals surface area contributed by atoms with Gasteiger partial charge in [0.1, 0.15) is 11.9 Å². The highest BCUT2D eigenvalue weighted by Gasteiger charge is 2.48. The quantitative estimate of drug-likeness (QED) is 0.812. The lowest BCUT2D eigenvalue weighted by Gasteiger charge is -2.39. The minimum atomic E-state index is -1.18. The number of nitrogens with two attached hydrogens (primary N) is 1. The molecular weight excluding hydrogens is 347 g/mol. The Morgan fingerprint density at radius 2 is 1.85 bits per heavy atom. The third-order valence-electron chi connectivity index (χ3n) is 6.13. The van der Waals surface area contributed by atoms with Crippen LogP contribution in [0.3, 0.4) is 0 Å². The Kier molecular flexibility index (Phi) is 4.35. The van der Waals surface area contributed by atoms with E-state index in [1.807, 2.05) is 0 Å². The topological polar surface area (TPSA) is 58.8 Å². The van der Waals surface area contributed by atoms with Crippen LogP contribution in [0.1, 0.15) is 30.7 Å². The van der Waals surface area contributed by atoms with Gasteiger partial charge in [0.2, 0.25) is 0 Å². The number of carbonyl (C=O) groups is 1. The molecule has 8 heteroatoms. The zero-order chi connectivity index (χ0) is 18.6. The monoisotopic (exact) mass is 369 g/mol. The van der Waals surface area contributed by atoms with Gasteiger partial charge in [0.15, 0.2) is 11.6 Å². The first-order valence-corrected chi connectivity index (χ1v) is 8.92. The number of amides is 1. The van der Waals surface area contributed by atoms with Crippen molar-refractivity contribution >= 4 is 6.09 Å². The van der Waals surface area contributed by atoms with Gasteiger partial charge in [0, 0.05) is 44.2 Å². The summed E-state index contributed by atoms with van der Waals surface area (Å²) < 4.78 is 46.2. The Hall–Kier alpha value is -1.80. The third kappa shape index (κ3) is 2.85. The predicted octanol–water partition coefficient (Wildman–Crippen LogP) is 2.20. The van der Waals surface area contributed by atoms with Crippen LogP contribution in [0.25, 0.3) is 0 Å². The number of benzene rings is 1. The molecule has 0 bridgehead atoms. The molecule has 3 aliphatic rings. The third-order valence-corrected chi connectivity index (χ3v) is 6.13. The fourth-order valence-corrected chi connectivity index (χ4v) is 4.64. The highest BCUT2D eigenvalue weighted by atomic mass is 19.2. The average Bonchev–Trinajstić information content (AvgIpc) is 3.11. The number of carbonyl (C=O) groups excluding carboxylic acids is 1. The molecular formula is C18H22F3N3O2. The van der Waals surface area contributed by atoms with Crippen molar-refractivity contribution in [2.45, 2.75) is 49.4 Å². The summed E-state index contributed by atoms with van der Waals surface area (Å²) in [7, 11) is 1.74. The van der Waals surface area contributed by atoms with Crippen LogP contribution in [0.2, 0.25) is 0 Å². The Labute approximate surface area is 149 Å². The Morgan fingerprint density at radius 3 is 2.54 bits per heavy atom. The van der Waals surface area contributed by atoms with Gasteiger partial charge in [-0.25, -0.2) is 18.0 Å². The van der Waals surface area contributed by atoms with Gasteiger partial charge in [0.25, 0.3) is 0 Å². The van der Waals surface area contributed by atoms with E-state index in [9.17, 15) is 18.0 Å². The van der Waals surface area contributed by atoms with Crippen molar-refractivity contribution in [2.75, 3.05) is 20.1 Å². The first-order chi connectivity index (χ1) is 12.3. The molecule has 1 aliphatic carbocycles. The Balaban J connectivity index is 1.43. The maximum atomic E-state index is 14.1. The molecule has 0 spiro atoms. The number of halogens is 3. The molecule has 0 radical (unpaired) electrons. The molecule has 4 rings (SSSR count). The minimum absolute atomic E-state index is 0.0556. The van der Waals surface area contributed by atoms with Gasteiger partial charge < -0.3 is 15.4 Å². The van der Waals surface area contributed by atoms with Gasteiger partial charge in [-0.2, -0.15) is 0 Å². The van der Waals surface area contributed by atoms with E-state index in [0.717, 1.165) is 19.0 Å². The molecule has 2 saturated heterocycles. The van der Waals surface area contributed by atoms with Crippen LogP contribution in [0.15, 0.2) is 12.1 Å². The molecule has 0 aromatic heterocycles.